The molecule has 0 saturated heterocycles. The molecular formula is C19H25N3O3S. The molecule has 0 spiro atoms. The van der Waals surface area contributed by atoms with Crippen molar-refractivity contribution in [3.05, 3.63) is 60.2 Å². The Kier molecular flexibility index (Phi) is 6.52. The first kappa shape index (κ1) is 20.1. The number of nitrogens with one attached hydrogen (secondary N) is 2. The fraction of sp³-hybridized carbons (Fsp3) is 0.316. The summed E-state index contributed by atoms with van der Waals surface area (Å²) in [5.74, 6) is 0.0384. The summed E-state index contributed by atoms with van der Waals surface area (Å²) in [5.41, 5.74) is 1.49. The molecule has 6 nitrogen and oxygen atoms in total. The van der Waals surface area contributed by atoms with E-state index in [1.165, 1.54) is 18.2 Å². The molecule has 140 valence electrons. The zero-order valence-corrected chi connectivity index (χ0v) is 16.0. The van der Waals surface area contributed by atoms with Gasteiger partial charge in [0.05, 0.1) is 10.9 Å². The first-order valence-corrected chi connectivity index (χ1v) is 9.98. The van der Waals surface area contributed by atoms with Gasteiger partial charge in [-0.1, -0.05) is 50.2 Å². The zero-order chi connectivity index (χ0) is 19.3. The van der Waals surface area contributed by atoms with Gasteiger partial charge in [0, 0.05) is 11.7 Å². The van der Waals surface area contributed by atoms with E-state index in [2.05, 4.69) is 24.5 Å². The monoisotopic (exact) mass is 375 g/mol. The van der Waals surface area contributed by atoms with Crippen molar-refractivity contribution in [3.8, 4) is 0 Å². The first-order chi connectivity index (χ1) is 12.2. The topological polar surface area (TPSA) is 101 Å². The van der Waals surface area contributed by atoms with Gasteiger partial charge in [0.2, 0.25) is 15.9 Å². The Morgan fingerprint density at radius 1 is 1.00 bits per heavy atom. The molecule has 2 rings (SSSR count). The molecule has 1 amide bonds. The zero-order valence-electron chi connectivity index (χ0n) is 15.1. The minimum Gasteiger partial charge on any atom is -0.325 e. The average Bonchev–Trinajstić information content (AvgIpc) is 2.59. The quantitative estimate of drug-likeness (QED) is 0.692. The maximum Gasteiger partial charge on any atom is 0.241 e. The second-order valence-electron chi connectivity index (χ2n) is 6.58. The maximum atomic E-state index is 12.5. The Hall–Kier alpha value is -2.22. The third kappa shape index (κ3) is 5.39. The number of nitrogens with two attached hydrogens (primary N) is 1. The first-order valence-electron chi connectivity index (χ1n) is 8.43. The van der Waals surface area contributed by atoms with Gasteiger partial charge in [-0.15, -0.1) is 0 Å². The highest BCUT2D eigenvalue weighted by Gasteiger charge is 2.22. The van der Waals surface area contributed by atoms with Gasteiger partial charge in [-0.25, -0.2) is 13.6 Å². The number of primary sulfonamides is 1. The number of sulfonamides is 1. The molecule has 2 aromatic carbocycles. The number of rotatable bonds is 7. The van der Waals surface area contributed by atoms with Crippen LogP contribution in [0.25, 0.3) is 0 Å². The van der Waals surface area contributed by atoms with E-state index >= 15 is 0 Å². The molecule has 4 N–H and O–H groups in total. The number of benzene rings is 2. The molecule has 0 fully saturated rings. The number of carbonyl (C=O) groups excluding carboxylic acids is 1. The summed E-state index contributed by atoms with van der Waals surface area (Å²) >= 11 is 0. The van der Waals surface area contributed by atoms with Crippen LogP contribution < -0.4 is 15.8 Å². The van der Waals surface area contributed by atoms with Crippen molar-refractivity contribution in [1.29, 1.82) is 0 Å². The van der Waals surface area contributed by atoms with Crippen molar-refractivity contribution in [1.82, 2.24) is 5.32 Å². The van der Waals surface area contributed by atoms with Gasteiger partial charge in [0.25, 0.3) is 0 Å². The minimum atomic E-state index is -3.81. The molecule has 7 heteroatoms. The highest BCUT2D eigenvalue weighted by atomic mass is 32.2. The Morgan fingerprint density at radius 3 is 2.23 bits per heavy atom. The number of hydrogen-bond donors (Lipinski definition) is 3. The molecule has 0 aliphatic heterocycles. The Labute approximate surface area is 154 Å². The van der Waals surface area contributed by atoms with Gasteiger partial charge in [0.15, 0.2) is 0 Å². The number of amides is 1. The lowest BCUT2D eigenvalue weighted by atomic mass is 9.95. The Balaban J connectivity index is 2.09. The number of hydrogen-bond acceptors (Lipinski definition) is 4. The third-order valence-corrected chi connectivity index (χ3v) is 4.99. The summed E-state index contributed by atoms with van der Waals surface area (Å²) in [5, 5.41) is 11.2. The summed E-state index contributed by atoms with van der Waals surface area (Å²) in [6.07, 6.45) is 0. The normalized spacial score (nSPS) is 14.0. The van der Waals surface area contributed by atoms with Crippen LogP contribution in [0.1, 0.15) is 32.4 Å². The van der Waals surface area contributed by atoms with E-state index in [-0.39, 0.29) is 16.8 Å². The average molecular weight is 375 g/mol. The predicted molar refractivity (Wildman–Crippen MR) is 103 cm³/mol. The highest BCUT2D eigenvalue weighted by Crippen LogP contribution is 2.22. The summed E-state index contributed by atoms with van der Waals surface area (Å²) < 4.78 is 22.9. The van der Waals surface area contributed by atoms with E-state index < -0.39 is 16.1 Å². The van der Waals surface area contributed by atoms with Crippen LogP contribution in [-0.4, -0.2) is 20.4 Å². The summed E-state index contributed by atoms with van der Waals surface area (Å²) in [6, 6.07) is 15.4. The van der Waals surface area contributed by atoms with Crippen molar-refractivity contribution in [3.63, 3.8) is 0 Å². The lowest BCUT2D eigenvalue weighted by Gasteiger charge is -2.26. The van der Waals surface area contributed by atoms with Crippen molar-refractivity contribution in [2.24, 2.45) is 11.1 Å². The van der Waals surface area contributed by atoms with Crippen LogP contribution in [0.15, 0.2) is 59.5 Å². The summed E-state index contributed by atoms with van der Waals surface area (Å²) in [6.45, 7) is 5.95. The molecular weight excluding hydrogens is 350 g/mol. The molecule has 2 atom stereocenters. The van der Waals surface area contributed by atoms with E-state index in [9.17, 15) is 13.2 Å². The van der Waals surface area contributed by atoms with Crippen LogP contribution in [0, 0.1) is 5.92 Å². The van der Waals surface area contributed by atoms with Crippen LogP contribution in [0.2, 0.25) is 0 Å². The Bertz CT molecular complexity index is 851. The smallest absolute Gasteiger partial charge is 0.241 e. The number of anilines is 1. The van der Waals surface area contributed by atoms with Gasteiger partial charge in [-0.05, 0) is 36.6 Å². The van der Waals surface area contributed by atoms with Gasteiger partial charge >= 0.3 is 0 Å². The summed E-state index contributed by atoms with van der Waals surface area (Å²) in [7, 11) is -3.81. The fourth-order valence-corrected chi connectivity index (χ4v) is 3.24. The molecule has 0 heterocycles. The second-order valence-corrected chi connectivity index (χ2v) is 8.14. The second kappa shape index (κ2) is 8.44. The Morgan fingerprint density at radius 2 is 1.65 bits per heavy atom. The maximum absolute atomic E-state index is 12.5. The van der Waals surface area contributed by atoms with Gasteiger partial charge in [-0.3, -0.25) is 10.1 Å². The van der Waals surface area contributed by atoms with Gasteiger partial charge < -0.3 is 5.32 Å². The molecule has 0 aromatic heterocycles. The lowest BCUT2D eigenvalue weighted by Crippen LogP contribution is -2.41. The van der Waals surface area contributed by atoms with E-state index in [1.807, 2.05) is 30.3 Å². The highest BCUT2D eigenvalue weighted by molar-refractivity contribution is 7.89. The van der Waals surface area contributed by atoms with Crippen LogP contribution in [0.3, 0.4) is 0 Å². The van der Waals surface area contributed by atoms with E-state index in [1.54, 1.807) is 13.0 Å². The van der Waals surface area contributed by atoms with Crippen molar-refractivity contribution >= 4 is 21.6 Å². The van der Waals surface area contributed by atoms with Crippen LogP contribution in [0.5, 0.6) is 0 Å². The molecule has 0 aliphatic rings. The van der Waals surface area contributed by atoms with Crippen LogP contribution in [-0.2, 0) is 14.8 Å². The summed E-state index contributed by atoms with van der Waals surface area (Å²) in [4.78, 5) is 12.5. The van der Waals surface area contributed by atoms with Crippen LogP contribution >= 0.6 is 0 Å². The van der Waals surface area contributed by atoms with E-state index in [4.69, 9.17) is 5.14 Å². The molecule has 0 saturated carbocycles. The largest absolute Gasteiger partial charge is 0.325 e. The van der Waals surface area contributed by atoms with E-state index in [0.29, 0.717) is 11.6 Å². The van der Waals surface area contributed by atoms with Crippen molar-refractivity contribution in [2.75, 3.05) is 5.32 Å². The molecule has 0 unspecified atom stereocenters. The minimum absolute atomic E-state index is 0.0210. The number of carbonyl (C=O) groups is 1. The van der Waals surface area contributed by atoms with E-state index in [0.717, 1.165) is 5.56 Å². The molecule has 0 aliphatic carbocycles. The molecule has 2 aromatic rings. The third-order valence-electron chi connectivity index (χ3n) is 4.08. The van der Waals surface area contributed by atoms with Crippen LogP contribution in [0.4, 0.5) is 5.69 Å². The van der Waals surface area contributed by atoms with Crippen molar-refractivity contribution in [2.45, 2.75) is 37.8 Å². The standard InChI is InChI=1S/C19H25N3O3S/c1-13(2)18(15-8-5-4-6-9-15)21-14(3)19(23)22-16-10-7-11-17(12-16)26(20,24)25/h4-14,18,21H,1-3H3,(H,22,23)(H2,20,24,25)/t14-,18-/m0/s1. The molecule has 0 bridgehead atoms. The molecule has 26 heavy (non-hydrogen) atoms. The lowest BCUT2D eigenvalue weighted by molar-refractivity contribution is -0.118. The van der Waals surface area contributed by atoms with Gasteiger partial charge in [0.1, 0.15) is 0 Å². The predicted octanol–water partition coefficient (Wildman–Crippen LogP) is 2.65. The SMILES string of the molecule is CC(C)[C@H](N[C@@H](C)C(=O)Nc1cccc(S(N)(=O)=O)c1)c1ccccc1. The molecule has 0 radical (unpaired) electrons. The fourth-order valence-electron chi connectivity index (χ4n) is 2.68. The van der Waals surface area contributed by atoms with Crippen molar-refractivity contribution < 1.29 is 13.2 Å². The van der Waals surface area contributed by atoms with Gasteiger partial charge in [-0.2, -0.15) is 0 Å².